The SMILES string of the molecule is CCC(C)n1nccc1CNCCO. The van der Waals surface area contributed by atoms with E-state index in [2.05, 4.69) is 24.3 Å². The second kappa shape index (κ2) is 5.78. The first kappa shape index (κ1) is 11.2. The second-order valence-electron chi connectivity index (χ2n) is 3.42. The van der Waals surface area contributed by atoms with Crippen molar-refractivity contribution in [1.29, 1.82) is 0 Å². The molecule has 1 atom stereocenters. The summed E-state index contributed by atoms with van der Waals surface area (Å²) in [5.41, 5.74) is 1.17. The molecule has 1 heterocycles. The fourth-order valence-corrected chi connectivity index (χ4v) is 1.35. The smallest absolute Gasteiger partial charge is 0.0556 e. The Kier molecular flexibility index (Phi) is 4.62. The average Bonchev–Trinajstić information content (AvgIpc) is 2.65. The van der Waals surface area contributed by atoms with Crippen LogP contribution in [0.3, 0.4) is 0 Å². The molecule has 80 valence electrons. The minimum absolute atomic E-state index is 0.178. The summed E-state index contributed by atoms with van der Waals surface area (Å²) >= 11 is 0. The van der Waals surface area contributed by atoms with Crippen molar-refractivity contribution in [2.24, 2.45) is 0 Å². The Labute approximate surface area is 84.9 Å². The van der Waals surface area contributed by atoms with Crippen molar-refractivity contribution in [2.75, 3.05) is 13.2 Å². The van der Waals surface area contributed by atoms with E-state index in [1.54, 1.807) is 0 Å². The van der Waals surface area contributed by atoms with E-state index in [-0.39, 0.29) is 6.61 Å². The Hall–Kier alpha value is -0.870. The molecule has 0 aliphatic carbocycles. The number of hydrogen-bond donors (Lipinski definition) is 2. The molecule has 0 spiro atoms. The molecule has 0 aliphatic heterocycles. The third-order valence-electron chi connectivity index (χ3n) is 2.36. The lowest BCUT2D eigenvalue weighted by Gasteiger charge is -2.13. The molecule has 0 amide bonds. The molecular formula is C10H19N3O. The van der Waals surface area contributed by atoms with Crippen LogP contribution in [-0.2, 0) is 6.54 Å². The molecule has 1 aromatic heterocycles. The minimum atomic E-state index is 0.178. The van der Waals surface area contributed by atoms with Gasteiger partial charge in [0.25, 0.3) is 0 Å². The molecule has 2 N–H and O–H groups in total. The molecule has 0 saturated heterocycles. The molecule has 1 rings (SSSR count). The number of rotatable bonds is 6. The molecule has 0 radical (unpaired) electrons. The van der Waals surface area contributed by atoms with Gasteiger partial charge in [0.15, 0.2) is 0 Å². The van der Waals surface area contributed by atoms with Crippen molar-refractivity contribution in [3.05, 3.63) is 18.0 Å². The fourth-order valence-electron chi connectivity index (χ4n) is 1.35. The maximum absolute atomic E-state index is 8.63. The average molecular weight is 197 g/mol. The quantitative estimate of drug-likeness (QED) is 0.667. The third-order valence-corrected chi connectivity index (χ3v) is 2.36. The van der Waals surface area contributed by atoms with E-state index in [0.29, 0.717) is 12.6 Å². The summed E-state index contributed by atoms with van der Waals surface area (Å²) in [7, 11) is 0. The first-order valence-corrected chi connectivity index (χ1v) is 5.13. The number of aromatic nitrogens is 2. The van der Waals surface area contributed by atoms with E-state index in [4.69, 9.17) is 5.11 Å². The number of nitrogens with zero attached hydrogens (tertiary/aromatic N) is 2. The van der Waals surface area contributed by atoms with Gasteiger partial charge < -0.3 is 10.4 Å². The molecule has 4 heteroatoms. The highest BCUT2D eigenvalue weighted by molar-refractivity contribution is 5.01. The van der Waals surface area contributed by atoms with Gasteiger partial charge in [-0.15, -0.1) is 0 Å². The standard InChI is InChI=1S/C10H19N3O/c1-3-9(2)13-10(4-5-12-13)8-11-6-7-14/h4-5,9,11,14H,3,6-8H2,1-2H3. The molecule has 0 aliphatic rings. The van der Waals surface area contributed by atoms with Crippen LogP contribution < -0.4 is 5.32 Å². The van der Waals surface area contributed by atoms with E-state index < -0.39 is 0 Å². The topological polar surface area (TPSA) is 50.1 Å². The van der Waals surface area contributed by atoms with Crippen LogP contribution in [0.25, 0.3) is 0 Å². The van der Waals surface area contributed by atoms with Gasteiger partial charge in [-0.2, -0.15) is 5.10 Å². The van der Waals surface area contributed by atoms with Crippen LogP contribution in [-0.4, -0.2) is 28.0 Å². The highest BCUT2D eigenvalue weighted by Gasteiger charge is 2.06. The minimum Gasteiger partial charge on any atom is -0.395 e. The van der Waals surface area contributed by atoms with Crippen LogP contribution in [0.4, 0.5) is 0 Å². The van der Waals surface area contributed by atoms with Gasteiger partial charge in [0.2, 0.25) is 0 Å². The summed E-state index contributed by atoms with van der Waals surface area (Å²) in [5, 5.41) is 16.1. The van der Waals surface area contributed by atoms with Gasteiger partial charge in [0.1, 0.15) is 0 Å². The van der Waals surface area contributed by atoms with Crippen molar-refractivity contribution in [2.45, 2.75) is 32.9 Å². The van der Waals surface area contributed by atoms with Gasteiger partial charge >= 0.3 is 0 Å². The summed E-state index contributed by atoms with van der Waals surface area (Å²) < 4.78 is 2.03. The van der Waals surface area contributed by atoms with Crippen molar-refractivity contribution in [3.63, 3.8) is 0 Å². The summed E-state index contributed by atoms with van der Waals surface area (Å²) in [5.74, 6) is 0. The zero-order chi connectivity index (χ0) is 10.4. The Morgan fingerprint density at radius 2 is 2.43 bits per heavy atom. The molecule has 0 bridgehead atoms. The molecule has 0 aromatic carbocycles. The van der Waals surface area contributed by atoms with Gasteiger partial charge in [-0.1, -0.05) is 6.92 Å². The van der Waals surface area contributed by atoms with E-state index in [1.165, 1.54) is 5.69 Å². The van der Waals surface area contributed by atoms with Gasteiger partial charge in [0, 0.05) is 25.3 Å². The zero-order valence-electron chi connectivity index (χ0n) is 8.90. The van der Waals surface area contributed by atoms with E-state index in [1.807, 2.05) is 16.9 Å². The lowest BCUT2D eigenvalue weighted by Crippen LogP contribution is -2.21. The number of hydrogen-bond acceptors (Lipinski definition) is 3. The van der Waals surface area contributed by atoms with E-state index in [9.17, 15) is 0 Å². The van der Waals surface area contributed by atoms with Gasteiger partial charge in [-0.25, -0.2) is 0 Å². The lowest BCUT2D eigenvalue weighted by molar-refractivity contribution is 0.290. The first-order valence-electron chi connectivity index (χ1n) is 5.13. The van der Waals surface area contributed by atoms with Crippen LogP contribution >= 0.6 is 0 Å². The van der Waals surface area contributed by atoms with Crippen LogP contribution in [0.1, 0.15) is 32.0 Å². The molecule has 1 unspecified atom stereocenters. The van der Waals surface area contributed by atoms with Crippen molar-refractivity contribution < 1.29 is 5.11 Å². The Bertz CT molecular complexity index is 260. The summed E-state index contributed by atoms with van der Waals surface area (Å²) in [6.07, 6.45) is 2.90. The molecule has 0 saturated carbocycles. The second-order valence-corrected chi connectivity index (χ2v) is 3.42. The highest BCUT2D eigenvalue weighted by Crippen LogP contribution is 2.11. The molecular weight excluding hydrogens is 178 g/mol. The Morgan fingerprint density at radius 3 is 3.07 bits per heavy atom. The van der Waals surface area contributed by atoms with Crippen molar-refractivity contribution in [3.8, 4) is 0 Å². The Morgan fingerprint density at radius 1 is 1.64 bits per heavy atom. The molecule has 0 fully saturated rings. The van der Waals surface area contributed by atoms with Crippen LogP contribution in [0, 0.1) is 0 Å². The van der Waals surface area contributed by atoms with Crippen LogP contribution in [0.2, 0.25) is 0 Å². The molecule has 14 heavy (non-hydrogen) atoms. The van der Waals surface area contributed by atoms with Crippen LogP contribution in [0.15, 0.2) is 12.3 Å². The van der Waals surface area contributed by atoms with Gasteiger partial charge in [-0.3, -0.25) is 4.68 Å². The maximum atomic E-state index is 8.63. The fraction of sp³-hybridized carbons (Fsp3) is 0.700. The van der Waals surface area contributed by atoms with Crippen LogP contribution in [0.5, 0.6) is 0 Å². The van der Waals surface area contributed by atoms with Crippen molar-refractivity contribution >= 4 is 0 Å². The third kappa shape index (κ3) is 2.82. The first-order chi connectivity index (χ1) is 6.79. The summed E-state index contributed by atoms with van der Waals surface area (Å²) in [6, 6.07) is 2.45. The maximum Gasteiger partial charge on any atom is 0.0556 e. The normalized spacial score (nSPS) is 13.1. The predicted octanol–water partition coefficient (Wildman–Crippen LogP) is 0.936. The number of aliphatic hydroxyl groups is 1. The zero-order valence-corrected chi connectivity index (χ0v) is 8.90. The summed E-state index contributed by atoms with van der Waals surface area (Å²) in [6.45, 7) is 5.88. The Balaban J connectivity index is 2.53. The van der Waals surface area contributed by atoms with E-state index >= 15 is 0 Å². The van der Waals surface area contributed by atoms with Gasteiger partial charge in [0.05, 0.1) is 12.3 Å². The molecule has 1 aromatic rings. The monoisotopic (exact) mass is 197 g/mol. The van der Waals surface area contributed by atoms with E-state index in [0.717, 1.165) is 13.0 Å². The number of nitrogens with one attached hydrogen (secondary N) is 1. The highest BCUT2D eigenvalue weighted by atomic mass is 16.3. The molecule has 4 nitrogen and oxygen atoms in total. The van der Waals surface area contributed by atoms with Gasteiger partial charge in [-0.05, 0) is 19.4 Å². The lowest BCUT2D eigenvalue weighted by atomic mass is 10.2. The number of aliphatic hydroxyl groups excluding tert-OH is 1. The predicted molar refractivity (Wildman–Crippen MR) is 56.0 cm³/mol. The summed E-state index contributed by atoms with van der Waals surface area (Å²) in [4.78, 5) is 0. The largest absolute Gasteiger partial charge is 0.395 e. The van der Waals surface area contributed by atoms with Crippen molar-refractivity contribution in [1.82, 2.24) is 15.1 Å².